The van der Waals surface area contributed by atoms with Gasteiger partial charge in [0, 0.05) is 18.6 Å². The minimum absolute atomic E-state index is 0.190. The average Bonchev–Trinajstić information content (AvgIpc) is 2.47. The Balaban J connectivity index is 3.93. The molecule has 0 radical (unpaired) electrons. The Hall–Kier alpha value is -2.29. The van der Waals surface area contributed by atoms with Crippen molar-refractivity contribution < 1.29 is 28.6 Å². The van der Waals surface area contributed by atoms with Gasteiger partial charge < -0.3 is 14.2 Å². The van der Waals surface area contributed by atoms with Gasteiger partial charge in [0.2, 0.25) is 0 Å². The van der Waals surface area contributed by atoms with E-state index in [2.05, 4.69) is 16.6 Å². The van der Waals surface area contributed by atoms with Crippen LogP contribution in [-0.4, -0.2) is 37.7 Å². The quantitative estimate of drug-likeness (QED) is 0.244. The molecule has 6 nitrogen and oxygen atoms in total. The van der Waals surface area contributed by atoms with Crippen molar-refractivity contribution in [1.29, 1.82) is 0 Å². The molecule has 0 saturated carbocycles. The molecule has 23 heavy (non-hydrogen) atoms. The van der Waals surface area contributed by atoms with Crippen LogP contribution < -0.4 is 0 Å². The monoisotopic (exact) mass is 324 g/mol. The molecule has 0 bridgehead atoms. The van der Waals surface area contributed by atoms with Crippen molar-refractivity contribution in [2.75, 3.05) is 13.7 Å². The standard InChI is InChI=1S/C17H24O6/c1-13(23-16(20)17(2,3)4)9-7-6-8-12-22-15(19)11-10-14(18)21-5/h10-11,13H,6,8,12H2,1-5H3/b11-10+. The Morgan fingerprint density at radius 3 is 2.30 bits per heavy atom. The third-order valence-corrected chi connectivity index (χ3v) is 2.45. The van der Waals surface area contributed by atoms with E-state index in [9.17, 15) is 14.4 Å². The van der Waals surface area contributed by atoms with Gasteiger partial charge in [0.15, 0.2) is 6.10 Å². The fourth-order valence-electron chi connectivity index (χ4n) is 1.17. The molecule has 0 aliphatic carbocycles. The third-order valence-electron chi connectivity index (χ3n) is 2.45. The third kappa shape index (κ3) is 11.0. The maximum atomic E-state index is 11.6. The topological polar surface area (TPSA) is 78.9 Å². The fraction of sp³-hybridized carbons (Fsp3) is 0.588. The first kappa shape index (κ1) is 20.7. The number of hydrogen-bond acceptors (Lipinski definition) is 6. The molecule has 0 aromatic rings. The van der Waals surface area contributed by atoms with Crippen molar-refractivity contribution in [1.82, 2.24) is 0 Å². The summed E-state index contributed by atoms with van der Waals surface area (Å²) in [6.07, 6.45) is 2.57. The van der Waals surface area contributed by atoms with Crippen molar-refractivity contribution in [3.05, 3.63) is 12.2 Å². The molecule has 0 saturated heterocycles. The van der Waals surface area contributed by atoms with E-state index < -0.39 is 23.5 Å². The molecule has 1 atom stereocenters. The molecule has 1 unspecified atom stereocenters. The van der Waals surface area contributed by atoms with Gasteiger partial charge in [-0.2, -0.15) is 0 Å². The Morgan fingerprint density at radius 2 is 1.74 bits per heavy atom. The molecule has 6 heteroatoms. The van der Waals surface area contributed by atoms with Gasteiger partial charge in [0.25, 0.3) is 0 Å². The molecule has 0 aliphatic rings. The molecule has 0 heterocycles. The number of unbranched alkanes of at least 4 members (excludes halogenated alkanes) is 1. The van der Waals surface area contributed by atoms with Gasteiger partial charge in [0.1, 0.15) is 0 Å². The lowest BCUT2D eigenvalue weighted by Crippen LogP contribution is -2.26. The largest absolute Gasteiger partial charge is 0.466 e. The zero-order valence-electron chi connectivity index (χ0n) is 14.3. The smallest absolute Gasteiger partial charge is 0.331 e. The van der Waals surface area contributed by atoms with E-state index in [1.165, 1.54) is 7.11 Å². The van der Waals surface area contributed by atoms with Gasteiger partial charge in [-0.3, -0.25) is 4.79 Å². The number of hydrogen-bond donors (Lipinski definition) is 0. The number of methoxy groups -OCH3 is 1. The average molecular weight is 324 g/mol. The van der Waals surface area contributed by atoms with Gasteiger partial charge in [-0.1, -0.05) is 11.8 Å². The van der Waals surface area contributed by atoms with Crippen LogP contribution in [0.3, 0.4) is 0 Å². The summed E-state index contributed by atoms with van der Waals surface area (Å²) < 4.78 is 14.4. The van der Waals surface area contributed by atoms with E-state index in [-0.39, 0.29) is 12.6 Å². The molecule has 0 aromatic carbocycles. The Morgan fingerprint density at radius 1 is 1.13 bits per heavy atom. The molecule has 0 aliphatic heterocycles. The first-order chi connectivity index (χ1) is 10.7. The van der Waals surface area contributed by atoms with Gasteiger partial charge in [-0.25, -0.2) is 9.59 Å². The van der Waals surface area contributed by atoms with E-state index in [0.29, 0.717) is 12.8 Å². The molecule has 0 fully saturated rings. The van der Waals surface area contributed by atoms with Crippen molar-refractivity contribution in [3.8, 4) is 11.8 Å². The van der Waals surface area contributed by atoms with E-state index in [1.807, 2.05) is 0 Å². The molecule has 0 amide bonds. The Labute approximate surface area is 137 Å². The minimum Gasteiger partial charge on any atom is -0.466 e. The summed E-state index contributed by atoms with van der Waals surface area (Å²) in [5, 5.41) is 0. The second-order valence-electron chi connectivity index (χ2n) is 5.75. The zero-order chi connectivity index (χ0) is 17.9. The van der Waals surface area contributed by atoms with Crippen LogP contribution >= 0.6 is 0 Å². The summed E-state index contributed by atoms with van der Waals surface area (Å²) in [6.45, 7) is 7.22. The molecule has 0 rings (SSSR count). The molecule has 0 aromatic heterocycles. The van der Waals surface area contributed by atoms with Crippen LogP contribution in [0.15, 0.2) is 12.2 Å². The number of ether oxygens (including phenoxy) is 3. The highest BCUT2D eigenvalue weighted by atomic mass is 16.5. The van der Waals surface area contributed by atoms with Crippen LogP contribution in [0, 0.1) is 17.3 Å². The number of carbonyl (C=O) groups is 3. The predicted octanol–water partition coefficient (Wildman–Crippen LogP) is 2.02. The van der Waals surface area contributed by atoms with Crippen LogP contribution in [0.4, 0.5) is 0 Å². The highest BCUT2D eigenvalue weighted by Gasteiger charge is 2.24. The number of rotatable bonds is 6. The number of carbonyl (C=O) groups excluding carboxylic acids is 3. The second-order valence-corrected chi connectivity index (χ2v) is 5.75. The highest BCUT2D eigenvalue weighted by Crippen LogP contribution is 2.16. The lowest BCUT2D eigenvalue weighted by molar-refractivity contribution is -0.155. The normalized spacial score (nSPS) is 12.0. The van der Waals surface area contributed by atoms with E-state index in [1.54, 1.807) is 27.7 Å². The fourth-order valence-corrected chi connectivity index (χ4v) is 1.17. The summed E-state index contributed by atoms with van der Waals surface area (Å²) >= 11 is 0. The maximum Gasteiger partial charge on any atom is 0.331 e. The lowest BCUT2D eigenvalue weighted by atomic mass is 9.97. The van der Waals surface area contributed by atoms with Gasteiger partial charge >= 0.3 is 17.9 Å². The summed E-state index contributed by atoms with van der Waals surface area (Å²) in [5.74, 6) is 4.14. The van der Waals surface area contributed by atoms with E-state index in [0.717, 1.165) is 12.2 Å². The molecule has 0 spiro atoms. The van der Waals surface area contributed by atoms with E-state index >= 15 is 0 Å². The Bertz CT molecular complexity index is 501. The Kier molecular flexibility index (Phi) is 9.40. The summed E-state index contributed by atoms with van der Waals surface area (Å²) in [5.41, 5.74) is -0.554. The second kappa shape index (κ2) is 10.4. The van der Waals surface area contributed by atoms with Crippen molar-refractivity contribution in [2.24, 2.45) is 5.41 Å². The first-order valence-corrected chi connectivity index (χ1v) is 7.29. The van der Waals surface area contributed by atoms with Crippen molar-refractivity contribution in [2.45, 2.75) is 46.6 Å². The summed E-state index contributed by atoms with van der Waals surface area (Å²) in [7, 11) is 1.22. The van der Waals surface area contributed by atoms with Gasteiger partial charge in [-0.15, -0.1) is 0 Å². The first-order valence-electron chi connectivity index (χ1n) is 7.29. The SMILES string of the molecule is COC(=O)/C=C/C(=O)OCCCC#CC(C)OC(=O)C(C)(C)C. The highest BCUT2D eigenvalue weighted by molar-refractivity contribution is 5.91. The van der Waals surface area contributed by atoms with Crippen molar-refractivity contribution >= 4 is 17.9 Å². The minimum atomic E-state index is -0.619. The van der Waals surface area contributed by atoms with E-state index in [4.69, 9.17) is 9.47 Å². The van der Waals surface area contributed by atoms with Crippen molar-refractivity contribution in [3.63, 3.8) is 0 Å². The summed E-state index contributed by atoms with van der Waals surface area (Å²) in [6, 6.07) is 0. The number of esters is 3. The zero-order valence-corrected chi connectivity index (χ0v) is 14.3. The lowest BCUT2D eigenvalue weighted by Gasteiger charge is -2.18. The van der Waals surface area contributed by atoms with Crippen LogP contribution in [0.25, 0.3) is 0 Å². The summed E-state index contributed by atoms with van der Waals surface area (Å²) in [4.78, 5) is 33.6. The van der Waals surface area contributed by atoms with Gasteiger partial charge in [-0.05, 0) is 34.1 Å². The molecular weight excluding hydrogens is 300 g/mol. The maximum absolute atomic E-state index is 11.6. The molecular formula is C17H24O6. The van der Waals surface area contributed by atoms with Crippen LogP contribution in [0.5, 0.6) is 0 Å². The van der Waals surface area contributed by atoms with Crippen LogP contribution in [-0.2, 0) is 28.6 Å². The van der Waals surface area contributed by atoms with Crippen LogP contribution in [0.1, 0.15) is 40.5 Å². The van der Waals surface area contributed by atoms with Gasteiger partial charge in [0.05, 0.1) is 19.1 Å². The predicted molar refractivity (Wildman–Crippen MR) is 84.1 cm³/mol. The van der Waals surface area contributed by atoms with Crippen LogP contribution in [0.2, 0.25) is 0 Å². The molecule has 0 N–H and O–H groups in total. The molecule has 128 valence electrons.